The third-order valence-electron chi connectivity index (χ3n) is 5.78. The standard InChI is InChI=1S/C24H27NO6/c1-3-4-13-25-22(26)12-10-18(23(25)17-7-5-6-8-19(17)28-2)24(27)31-16-9-11-20-21(14-16)30-15-29-20/h5-9,11,14,18,23H,3-4,10,12-13,15H2,1-2H3/t18-,23-/m1/s1. The molecule has 4 rings (SSSR count). The molecule has 1 fully saturated rings. The lowest BCUT2D eigenvalue weighted by atomic mass is 9.83. The van der Waals surface area contributed by atoms with Crippen LogP contribution in [-0.4, -0.2) is 37.2 Å². The van der Waals surface area contributed by atoms with E-state index in [1.807, 2.05) is 29.2 Å². The summed E-state index contributed by atoms with van der Waals surface area (Å²) in [6.07, 6.45) is 2.56. The van der Waals surface area contributed by atoms with Crippen LogP contribution in [0.5, 0.6) is 23.0 Å². The molecule has 2 heterocycles. The number of para-hydroxylation sites is 1. The highest BCUT2D eigenvalue weighted by Gasteiger charge is 2.42. The summed E-state index contributed by atoms with van der Waals surface area (Å²) in [5.41, 5.74) is 0.821. The van der Waals surface area contributed by atoms with Gasteiger partial charge in [-0.25, -0.2) is 0 Å². The number of carbonyl (C=O) groups excluding carboxylic acids is 2. The third-order valence-corrected chi connectivity index (χ3v) is 5.78. The summed E-state index contributed by atoms with van der Waals surface area (Å²) in [6, 6.07) is 12.2. The van der Waals surface area contributed by atoms with Crippen LogP contribution in [0.25, 0.3) is 0 Å². The van der Waals surface area contributed by atoms with Gasteiger partial charge in [0.05, 0.1) is 19.1 Å². The number of methoxy groups -OCH3 is 1. The monoisotopic (exact) mass is 425 g/mol. The zero-order valence-corrected chi connectivity index (χ0v) is 17.8. The Hall–Kier alpha value is -3.22. The fraction of sp³-hybridized carbons (Fsp3) is 0.417. The Balaban J connectivity index is 1.64. The molecule has 2 atom stereocenters. The fourth-order valence-electron chi connectivity index (χ4n) is 4.22. The van der Waals surface area contributed by atoms with E-state index >= 15 is 0 Å². The highest BCUT2D eigenvalue weighted by molar-refractivity contribution is 5.83. The van der Waals surface area contributed by atoms with Crippen LogP contribution in [0, 0.1) is 5.92 Å². The van der Waals surface area contributed by atoms with Gasteiger partial charge in [-0.1, -0.05) is 31.5 Å². The summed E-state index contributed by atoms with van der Waals surface area (Å²) in [5, 5.41) is 0. The maximum absolute atomic E-state index is 13.3. The van der Waals surface area contributed by atoms with Crippen LogP contribution in [0.4, 0.5) is 0 Å². The van der Waals surface area contributed by atoms with Gasteiger partial charge >= 0.3 is 5.97 Å². The van der Waals surface area contributed by atoms with E-state index in [0.717, 1.165) is 18.4 Å². The normalized spacial score (nSPS) is 19.9. The number of amides is 1. The summed E-state index contributed by atoms with van der Waals surface area (Å²) in [4.78, 5) is 28.0. The predicted octanol–water partition coefficient (Wildman–Crippen LogP) is 4.11. The molecule has 0 saturated carbocycles. The smallest absolute Gasteiger partial charge is 0.316 e. The van der Waals surface area contributed by atoms with Gasteiger partial charge in [0, 0.05) is 24.6 Å². The number of unbranched alkanes of at least 4 members (excludes halogenated alkanes) is 1. The van der Waals surface area contributed by atoms with E-state index in [-0.39, 0.29) is 18.7 Å². The summed E-state index contributed by atoms with van der Waals surface area (Å²) in [7, 11) is 1.60. The molecular weight excluding hydrogens is 398 g/mol. The molecule has 0 aromatic heterocycles. The average Bonchev–Trinajstić information content (AvgIpc) is 3.26. The van der Waals surface area contributed by atoms with Gasteiger partial charge in [-0.15, -0.1) is 0 Å². The topological polar surface area (TPSA) is 74.3 Å². The number of carbonyl (C=O) groups is 2. The Morgan fingerprint density at radius 2 is 1.97 bits per heavy atom. The summed E-state index contributed by atoms with van der Waals surface area (Å²) in [6.45, 7) is 2.82. The summed E-state index contributed by atoms with van der Waals surface area (Å²) >= 11 is 0. The van der Waals surface area contributed by atoms with Crippen molar-refractivity contribution in [2.75, 3.05) is 20.4 Å². The molecule has 1 amide bonds. The first-order valence-electron chi connectivity index (χ1n) is 10.7. The van der Waals surface area contributed by atoms with Crippen LogP contribution >= 0.6 is 0 Å². The Morgan fingerprint density at radius 3 is 2.77 bits per heavy atom. The molecule has 2 aliphatic heterocycles. The van der Waals surface area contributed by atoms with E-state index in [4.69, 9.17) is 18.9 Å². The van der Waals surface area contributed by atoms with Crippen molar-refractivity contribution in [2.24, 2.45) is 5.92 Å². The lowest BCUT2D eigenvalue weighted by Gasteiger charge is -2.40. The lowest BCUT2D eigenvalue weighted by Crippen LogP contribution is -2.46. The van der Waals surface area contributed by atoms with Crippen molar-refractivity contribution in [3.8, 4) is 23.0 Å². The first-order chi connectivity index (χ1) is 15.1. The van der Waals surface area contributed by atoms with Gasteiger partial charge < -0.3 is 23.8 Å². The quantitative estimate of drug-likeness (QED) is 0.491. The van der Waals surface area contributed by atoms with Crippen LogP contribution < -0.4 is 18.9 Å². The Kier molecular flexibility index (Phi) is 6.30. The van der Waals surface area contributed by atoms with E-state index in [1.54, 1.807) is 25.3 Å². The van der Waals surface area contributed by atoms with Gasteiger partial charge in [-0.3, -0.25) is 9.59 Å². The summed E-state index contributed by atoms with van der Waals surface area (Å²) < 4.78 is 22.0. The third kappa shape index (κ3) is 4.31. The van der Waals surface area contributed by atoms with Gasteiger partial charge in [-0.05, 0) is 31.0 Å². The largest absolute Gasteiger partial charge is 0.496 e. The number of hydrogen-bond donors (Lipinski definition) is 0. The minimum atomic E-state index is -0.503. The van der Waals surface area contributed by atoms with Crippen molar-refractivity contribution in [2.45, 2.75) is 38.6 Å². The molecule has 2 aliphatic rings. The van der Waals surface area contributed by atoms with Crippen molar-refractivity contribution in [1.29, 1.82) is 0 Å². The highest BCUT2D eigenvalue weighted by Crippen LogP contribution is 2.42. The second kappa shape index (κ2) is 9.29. The molecule has 0 radical (unpaired) electrons. The van der Waals surface area contributed by atoms with Crippen LogP contribution in [0.2, 0.25) is 0 Å². The minimum Gasteiger partial charge on any atom is -0.496 e. The lowest BCUT2D eigenvalue weighted by molar-refractivity contribution is -0.150. The van der Waals surface area contributed by atoms with Gasteiger partial charge in [-0.2, -0.15) is 0 Å². The molecular formula is C24H27NO6. The van der Waals surface area contributed by atoms with Crippen LogP contribution in [0.1, 0.15) is 44.2 Å². The SMILES string of the molecule is CCCCN1C(=O)CC[C@@H](C(=O)Oc2ccc3c(c2)OCO3)[C@H]1c1ccccc1OC. The van der Waals surface area contributed by atoms with E-state index in [0.29, 0.717) is 42.4 Å². The molecule has 2 aromatic rings. The van der Waals surface area contributed by atoms with Crippen LogP contribution in [0.15, 0.2) is 42.5 Å². The maximum atomic E-state index is 13.3. The Morgan fingerprint density at radius 1 is 1.16 bits per heavy atom. The molecule has 0 aliphatic carbocycles. The number of hydrogen-bond acceptors (Lipinski definition) is 6. The molecule has 7 nitrogen and oxygen atoms in total. The second-order valence-corrected chi connectivity index (χ2v) is 7.71. The van der Waals surface area contributed by atoms with Crippen molar-refractivity contribution < 1.29 is 28.5 Å². The van der Waals surface area contributed by atoms with E-state index in [1.165, 1.54) is 0 Å². The number of benzene rings is 2. The van der Waals surface area contributed by atoms with Crippen LogP contribution in [-0.2, 0) is 9.59 Å². The molecule has 0 N–H and O–H groups in total. The number of ether oxygens (including phenoxy) is 4. The van der Waals surface area contributed by atoms with E-state index < -0.39 is 12.0 Å². The highest BCUT2D eigenvalue weighted by atomic mass is 16.7. The average molecular weight is 425 g/mol. The molecule has 0 spiro atoms. The summed E-state index contributed by atoms with van der Waals surface area (Å²) in [5.74, 6) is 1.40. The molecule has 0 bridgehead atoms. The van der Waals surface area contributed by atoms with Gasteiger partial charge in [0.15, 0.2) is 11.5 Å². The first-order valence-corrected chi connectivity index (χ1v) is 10.7. The Labute approximate surface area is 181 Å². The Bertz CT molecular complexity index is 959. The number of esters is 1. The van der Waals surface area contributed by atoms with Crippen molar-refractivity contribution in [3.63, 3.8) is 0 Å². The second-order valence-electron chi connectivity index (χ2n) is 7.71. The number of rotatable bonds is 7. The van der Waals surface area contributed by atoms with Crippen molar-refractivity contribution in [1.82, 2.24) is 4.90 Å². The van der Waals surface area contributed by atoms with Crippen molar-refractivity contribution in [3.05, 3.63) is 48.0 Å². The maximum Gasteiger partial charge on any atom is 0.316 e. The minimum absolute atomic E-state index is 0.0523. The predicted molar refractivity (Wildman–Crippen MR) is 113 cm³/mol. The number of piperidine rings is 1. The zero-order chi connectivity index (χ0) is 21.8. The van der Waals surface area contributed by atoms with E-state index in [9.17, 15) is 9.59 Å². The van der Waals surface area contributed by atoms with Gasteiger partial charge in [0.25, 0.3) is 0 Å². The molecule has 0 unspecified atom stereocenters. The molecule has 31 heavy (non-hydrogen) atoms. The van der Waals surface area contributed by atoms with Gasteiger partial charge in [0.1, 0.15) is 11.5 Å². The number of nitrogens with zero attached hydrogens (tertiary/aromatic N) is 1. The van der Waals surface area contributed by atoms with Gasteiger partial charge in [0.2, 0.25) is 12.7 Å². The van der Waals surface area contributed by atoms with Crippen molar-refractivity contribution >= 4 is 11.9 Å². The van der Waals surface area contributed by atoms with Crippen LogP contribution in [0.3, 0.4) is 0 Å². The molecule has 164 valence electrons. The number of likely N-dealkylation sites (tertiary alicyclic amines) is 1. The fourth-order valence-corrected chi connectivity index (χ4v) is 4.22. The molecule has 7 heteroatoms. The molecule has 2 aromatic carbocycles. The molecule has 1 saturated heterocycles. The van der Waals surface area contributed by atoms with E-state index in [2.05, 4.69) is 6.92 Å². The number of fused-ring (bicyclic) bond motifs is 1. The first kappa shape index (κ1) is 21.0. The zero-order valence-electron chi connectivity index (χ0n) is 17.8.